The van der Waals surface area contributed by atoms with Crippen LogP contribution in [0.15, 0.2) is 52.3 Å². The van der Waals surface area contributed by atoms with Crippen LogP contribution in [0.4, 0.5) is 0 Å². The highest BCUT2D eigenvalue weighted by Crippen LogP contribution is 2.40. The van der Waals surface area contributed by atoms with Gasteiger partial charge in [0.05, 0.1) is 0 Å². The highest BCUT2D eigenvalue weighted by atomic mass is 79.9. The monoisotopic (exact) mass is 304 g/mol. The van der Waals surface area contributed by atoms with Crippen LogP contribution in [-0.2, 0) is 12.8 Å². The van der Waals surface area contributed by atoms with Crippen molar-refractivity contribution in [3.8, 4) is 0 Å². The van der Waals surface area contributed by atoms with Crippen LogP contribution in [0.5, 0.6) is 0 Å². The Morgan fingerprint density at radius 2 is 1.82 bits per heavy atom. The molecule has 0 fully saturated rings. The molecule has 0 atom stereocenters. The van der Waals surface area contributed by atoms with Crippen molar-refractivity contribution in [1.82, 2.24) is 0 Å². The number of hydrogen-bond acceptors (Lipinski definition) is 1. The van der Waals surface area contributed by atoms with E-state index in [0.29, 0.717) is 0 Å². The van der Waals surface area contributed by atoms with Gasteiger partial charge < -0.3 is 0 Å². The summed E-state index contributed by atoms with van der Waals surface area (Å²) in [4.78, 5) is 2.85. The van der Waals surface area contributed by atoms with Gasteiger partial charge in [-0.2, -0.15) is 0 Å². The molecule has 2 aromatic rings. The zero-order valence-corrected chi connectivity index (χ0v) is 11.9. The quantitative estimate of drug-likeness (QED) is 0.620. The van der Waals surface area contributed by atoms with Crippen molar-refractivity contribution < 1.29 is 0 Å². The normalized spacial score (nSPS) is 13.0. The number of halogens is 1. The van der Waals surface area contributed by atoms with Crippen molar-refractivity contribution in [1.29, 1.82) is 0 Å². The Kier molecular flexibility index (Phi) is 3.26. The van der Waals surface area contributed by atoms with Crippen molar-refractivity contribution in [2.75, 3.05) is 5.33 Å². The molecule has 0 aromatic heterocycles. The van der Waals surface area contributed by atoms with E-state index in [-0.39, 0.29) is 0 Å². The molecule has 0 radical (unpaired) electrons. The largest absolute Gasteiger partial charge is 0.0924 e. The van der Waals surface area contributed by atoms with Gasteiger partial charge in [-0.05, 0) is 41.7 Å². The minimum Gasteiger partial charge on any atom is -0.0924 e. The molecule has 1 aliphatic rings. The van der Waals surface area contributed by atoms with Crippen molar-refractivity contribution >= 4 is 27.7 Å². The second-order valence-electron chi connectivity index (χ2n) is 4.22. The molecule has 0 saturated carbocycles. The first kappa shape index (κ1) is 11.4. The van der Waals surface area contributed by atoms with E-state index in [0.717, 1.165) is 18.2 Å². The van der Waals surface area contributed by atoms with Gasteiger partial charge in [-0.3, -0.25) is 0 Å². The molecule has 0 spiro atoms. The molecule has 0 bridgehead atoms. The van der Waals surface area contributed by atoms with E-state index in [1.807, 2.05) is 11.8 Å². The van der Waals surface area contributed by atoms with Gasteiger partial charge in [0, 0.05) is 15.1 Å². The number of aryl methyl sites for hydroxylation is 1. The lowest BCUT2D eigenvalue weighted by molar-refractivity contribution is 0.995. The van der Waals surface area contributed by atoms with E-state index >= 15 is 0 Å². The van der Waals surface area contributed by atoms with Gasteiger partial charge in [0.15, 0.2) is 0 Å². The lowest BCUT2D eigenvalue weighted by Crippen LogP contribution is -2.04. The van der Waals surface area contributed by atoms with Crippen LogP contribution >= 0.6 is 27.7 Å². The Bertz CT molecular complexity index is 548. The van der Waals surface area contributed by atoms with Crippen LogP contribution in [-0.4, -0.2) is 5.33 Å². The Hall–Kier alpha value is -0.730. The summed E-state index contributed by atoms with van der Waals surface area (Å²) in [6.07, 6.45) is 2.20. The van der Waals surface area contributed by atoms with Crippen molar-refractivity contribution in [3.05, 3.63) is 59.2 Å². The fourth-order valence-electron chi connectivity index (χ4n) is 2.30. The van der Waals surface area contributed by atoms with Gasteiger partial charge in [-0.1, -0.05) is 58.0 Å². The molecule has 1 aliphatic heterocycles. The van der Waals surface area contributed by atoms with Gasteiger partial charge in [0.25, 0.3) is 0 Å². The molecule has 0 saturated heterocycles. The van der Waals surface area contributed by atoms with Crippen LogP contribution in [0.3, 0.4) is 0 Å². The minimum atomic E-state index is 1.04. The second-order valence-corrected chi connectivity index (χ2v) is 6.10. The number of fused-ring (bicyclic) bond motifs is 2. The zero-order chi connectivity index (χ0) is 11.7. The fraction of sp³-hybridized carbons (Fsp3) is 0.200. The summed E-state index contributed by atoms with van der Waals surface area (Å²) < 4.78 is 0. The third kappa shape index (κ3) is 2.16. The smallest absolute Gasteiger partial charge is 0.0160 e. The maximum atomic E-state index is 3.54. The first-order valence-corrected chi connectivity index (χ1v) is 7.75. The summed E-state index contributed by atoms with van der Waals surface area (Å²) in [6, 6.07) is 15.4. The van der Waals surface area contributed by atoms with Gasteiger partial charge in [-0.25, -0.2) is 0 Å². The van der Waals surface area contributed by atoms with Gasteiger partial charge in [-0.15, -0.1) is 0 Å². The summed E-state index contributed by atoms with van der Waals surface area (Å²) in [5, 5.41) is 1.04. The highest BCUT2D eigenvalue weighted by Gasteiger charge is 2.17. The average molecular weight is 305 g/mol. The second kappa shape index (κ2) is 4.87. The molecule has 17 heavy (non-hydrogen) atoms. The molecule has 0 unspecified atom stereocenters. The standard InChI is InChI=1S/C15H13BrS/c16-9-8-11-5-3-7-15-13(11)10-12-4-1-2-6-14(12)17-15/h1-7H,8-10H2. The molecule has 2 aromatic carbocycles. The Balaban J connectivity index is 2.05. The summed E-state index contributed by atoms with van der Waals surface area (Å²) in [6.45, 7) is 0. The Morgan fingerprint density at radius 3 is 2.71 bits per heavy atom. The molecule has 0 aliphatic carbocycles. The van der Waals surface area contributed by atoms with Crippen molar-refractivity contribution in [3.63, 3.8) is 0 Å². The van der Waals surface area contributed by atoms with E-state index in [9.17, 15) is 0 Å². The van der Waals surface area contributed by atoms with E-state index in [2.05, 4.69) is 58.4 Å². The fourth-order valence-corrected chi connectivity index (χ4v) is 3.86. The van der Waals surface area contributed by atoms with Crippen LogP contribution in [0, 0.1) is 0 Å². The van der Waals surface area contributed by atoms with Crippen LogP contribution < -0.4 is 0 Å². The Morgan fingerprint density at radius 1 is 1.00 bits per heavy atom. The van der Waals surface area contributed by atoms with E-state index < -0.39 is 0 Å². The number of alkyl halides is 1. The zero-order valence-electron chi connectivity index (χ0n) is 9.45. The summed E-state index contributed by atoms with van der Waals surface area (Å²) in [7, 11) is 0. The lowest BCUT2D eigenvalue weighted by Gasteiger charge is -2.21. The van der Waals surface area contributed by atoms with Crippen LogP contribution in [0.2, 0.25) is 0 Å². The van der Waals surface area contributed by atoms with Gasteiger partial charge in [0.2, 0.25) is 0 Å². The van der Waals surface area contributed by atoms with Crippen molar-refractivity contribution in [2.45, 2.75) is 22.6 Å². The minimum absolute atomic E-state index is 1.04. The lowest BCUT2D eigenvalue weighted by atomic mass is 9.98. The molecule has 0 amide bonds. The first-order valence-electron chi connectivity index (χ1n) is 5.81. The topological polar surface area (TPSA) is 0 Å². The van der Waals surface area contributed by atoms with E-state index in [4.69, 9.17) is 0 Å². The number of rotatable bonds is 2. The van der Waals surface area contributed by atoms with E-state index in [1.54, 1.807) is 0 Å². The first-order chi connectivity index (χ1) is 8.38. The summed E-state index contributed by atoms with van der Waals surface area (Å²) in [5.74, 6) is 0. The molecule has 0 N–H and O–H groups in total. The Labute approximate surface area is 115 Å². The molecule has 2 heteroatoms. The molecular weight excluding hydrogens is 292 g/mol. The average Bonchev–Trinajstić information content (AvgIpc) is 2.37. The third-order valence-electron chi connectivity index (χ3n) is 3.15. The maximum absolute atomic E-state index is 3.54. The van der Waals surface area contributed by atoms with Gasteiger partial charge >= 0.3 is 0 Å². The number of benzene rings is 2. The van der Waals surface area contributed by atoms with Crippen LogP contribution in [0.1, 0.15) is 16.7 Å². The van der Waals surface area contributed by atoms with Gasteiger partial charge in [0.1, 0.15) is 0 Å². The predicted molar refractivity (Wildman–Crippen MR) is 77.3 cm³/mol. The molecule has 1 heterocycles. The van der Waals surface area contributed by atoms with E-state index in [1.165, 1.54) is 26.5 Å². The SMILES string of the molecule is BrCCc1cccc2c1Cc1ccccc1S2. The third-order valence-corrected chi connectivity index (χ3v) is 4.77. The summed E-state index contributed by atoms with van der Waals surface area (Å²) >= 11 is 5.45. The van der Waals surface area contributed by atoms with Crippen LogP contribution in [0.25, 0.3) is 0 Å². The molecule has 86 valence electrons. The predicted octanol–water partition coefficient (Wildman–Crippen LogP) is 4.68. The summed E-state index contributed by atoms with van der Waals surface area (Å²) in [5.41, 5.74) is 4.48. The number of hydrogen-bond donors (Lipinski definition) is 0. The van der Waals surface area contributed by atoms with Crippen molar-refractivity contribution in [2.24, 2.45) is 0 Å². The highest BCUT2D eigenvalue weighted by molar-refractivity contribution is 9.09. The molecule has 0 nitrogen and oxygen atoms in total. The molecule has 3 rings (SSSR count). The maximum Gasteiger partial charge on any atom is 0.0160 e. The molecular formula is C15H13BrS.